The molecule has 0 spiro atoms. The molecule has 1 heterocycles. The zero-order chi connectivity index (χ0) is 15.3. The van der Waals surface area contributed by atoms with Gasteiger partial charge in [0.2, 0.25) is 0 Å². The maximum atomic E-state index is 10.9. The van der Waals surface area contributed by atoms with Crippen molar-refractivity contribution in [3.05, 3.63) is 46.2 Å². The van der Waals surface area contributed by atoms with Crippen LogP contribution in [0.2, 0.25) is 0 Å². The van der Waals surface area contributed by atoms with E-state index >= 15 is 0 Å². The Bertz CT molecular complexity index is 573. The van der Waals surface area contributed by atoms with Crippen LogP contribution in [-0.2, 0) is 4.79 Å². The summed E-state index contributed by atoms with van der Waals surface area (Å²) in [6.07, 6.45) is 3.34. The van der Waals surface area contributed by atoms with Crippen LogP contribution in [0.4, 0.5) is 0 Å². The van der Waals surface area contributed by atoms with E-state index in [9.17, 15) is 4.79 Å². The molecule has 0 fully saturated rings. The van der Waals surface area contributed by atoms with Crippen LogP contribution in [0.15, 0.2) is 35.1 Å². The number of aryl methyl sites for hydroxylation is 1. The van der Waals surface area contributed by atoms with Gasteiger partial charge in [-0.3, -0.25) is 4.79 Å². The van der Waals surface area contributed by atoms with Gasteiger partial charge in [-0.15, -0.1) is 0 Å². The lowest BCUT2D eigenvalue weighted by molar-refractivity contribution is -0.138. The zero-order valence-electron chi connectivity index (χ0n) is 12.1. The van der Waals surface area contributed by atoms with Gasteiger partial charge in [0.1, 0.15) is 0 Å². The zero-order valence-corrected chi connectivity index (χ0v) is 13.7. The van der Waals surface area contributed by atoms with Crippen LogP contribution in [0.3, 0.4) is 0 Å². The van der Waals surface area contributed by atoms with Gasteiger partial charge >= 0.3 is 5.97 Å². The van der Waals surface area contributed by atoms with Crippen molar-refractivity contribution in [3.8, 4) is 5.69 Å². The quantitative estimate of drug-likeness (QED) is 0.914. The molecule has 1 unspecified atom stereocenters. The smallest absolute Gasteiger partial charge is 0.310 e. The fraction of sp³-hybridized carbons (Fsp3) is 0.333. The Morgan fingerprint density at radius 1 is 1.35 bits per heavy atom. The van der Waals surface area contributed by atoms with Crippen molar-refractivity contribution in [2.24, 2.45) is 0 Å². The third kappa shape index (κ3) is 3.93. The topological polar surface area (TPSA) is 55.1 Å². The molecule has 2 rings (SSSR count). The minimum absolute atomic E-state index is 0.549. The fourth-order valence-corrected chi connectivity index (χ4v) is 2.29. The van der Waals surface area contributed by atoms with E-state index in [1.807, 2.05) is 39.0 Å². The highest BCUT2D eigenvalue weighted by atomic mass is 79.9. The first kappa shape index (κ1) is 16.4. The van der Waals surface area contributed by atoms with Crippen LogP contribution in [0, 0.1) is 6.92 Å². The normalized spacial score (nSPS) is 11.4. The van der Waals surface area contributed by atoms with Crippen molar-refractivity contribution < 1.29 is 9.90 Å². The summed E-state index contributed by atoms with van der Waals surface area (Å²) in [6, 6.07) is 5.94. The van der Waals surface area contributed by atoms with Gasteiger partial charge in [0.25, 0.3) is 0 Å². The molecule has 5 heteroatoms. The molecule has 4 nitrogen and oxygen atoms in total. The summed E-state index contributed by atoms with van der Waals surface area (Å²) in [6.45, 7) is 7.65. The Kier molecular flexibility index (Phi) is 5.95. The Morgan fingerprint density at radius 2 is 2.00 bits per heavy atom. The van der Waals surface area contributed by atoms with E-state index in [-0.39, 0.29) is 0 Å². The number of hydrogen-bond acceptors (Lipinski definition) is 2. The number of carboxylic acid groups (broad SMARTS) is 1. The first-order chi connectivity index (χ1) is 9.47. The highest BCUT2D eigenvalue weighted by molar-refractivity contribution is 9.10. The van der Waals surface area contributed by atoms with Gasteiger partial charge in [-0.05, 0) is 37.6 Å². The fourth-order valence-electron chi connectivity index (χ4n) is 1.69. The van der Waals surface area contributed by atoms with Gasteiger partial charge in [-0.2, -0.15) is 5.10 Å². The van der Waals surface area contributed by atoms with E-state index in [1.54, 1.807) is 24.0 Å². The maximum absolute atomic E-state index is 10.9. The molecule has 1 aromatic heterocycles. The van der Waals surface area contributed by atoms with E-state index in [0.29, 0.717) is 5.56 Å². The molecule has 1 atom stereocenters. The highest BCUT2D eigenvalue weighted by Crippen LogP contribution is 2.20. The van der Waals surface area contributed by atoms with E-state index in [1.165, 1.54) is 0 Å². The number of benzene rings is 1. The predicted molar refractivity (Wildman–Crippen MR) is 83.4 cm³/mol. The summed E-state index contributed by atoms with van der Waals surface area (Å²) in [5.41, 5.74) is 2.72. The van der Waals surface area contributed by atoms with Crippen molar-refractivity contribution in [1.29, 1.82) is 0 Å². The number of nitrogens with zero attached hydrogens (tertiary/aromatic N) is 2. The Morgan fingerprint density at radius 3 is 2.55 bits per heavy atom. The summed E-state index contributed by atoms with van der Waals surface area (Å²) < 4.78 is 2.66. The molecule has 0 saturated heterocycles. The molecule has 1 aromatic carbocycles. The molecule has 0 bridgehead atoms. The summed E-state index contributed by atoms with van der Waals surface area (Å²) in [7, 11) is 0. The van der Waals surface area contributed by atoms with Gasteiger partial charge in [-0.1, -0.05) is 29.8 Å². The second-order valence-corrected chi connectivity index (χ2v) is 5.18. The van der Waals surface area contributed by atoms with Gasteiger partial charge in [0.15, 0.2) is 0 Å². The number of aliphatic carboxylic acids is 1. The summed E-state index contributed by atoms with van der Waals surface area (Å²) in [4.78, 5) is 10.9. The van der Waals surface area contributed by atoms with Gasteiger partial charge in [0.05, 0.1) is 17.8 Å². The molecule has 1 N–H and O–H groups in total. The Labute approximate surface area is 127 Å². The van der Waals surface area contributed by atoms with Crippen molar-refractivity contribution in [1.82, 2.24) is 9.78 Å². The van der Waals surface area contributed by atoms with Crippen molar-refractivity contribution >= 4 is 21.9 Å². The van der Waals surface area contributed by atoms with E-state index in [0.717, 1.165) is 15.7 Å². The van der Waals surface area contributed by atoms with Crippen molar-refractivity contribution in [2.45, 2.75) is 33.6 Å². The number of carboxylic acids is 1. The molecule has 0 amide bonds. The maximum Gasteiger partial charge on any atom is 0.310 e. The van der Waals surface area contributed by atoms with Gasteiger partial charge < -0.3 is 5.11 Å². The average Bonchev–Trinajstić information content (AvgIpc) is 2.88. The predicted octanol–water partition coefficient (Wildman–Crippen LogP) is 4.16. The number of rotatable bonds is 3. The first-order valence-corrected chi connectivity index (χ1v) is 7.31. The Balaban J connectivity index is 0.000000956. The molecule has 0 aliphatic rings. The second-order valence-electron chi connectivity index (χ2n) is 4.26. The van der Waals surface area contributed by atoms with E-state index in [2.05, 4.69) is 21.0 Å². The summed E-state index contributed by atoms with van der Waals surface area (Å²) in [5.74, 6) is -1.40. The van der Waals surface area contributed by atoms with Crippen LogP contribution in [-0.4, -0.2) is 20.9 Å². The minimum Gasteiger partial charge on any atom is -0.481 e. The molecular weight excluding hydrogens is 320 g/mol. The lowest BCUT2D eigenvalue weighted by Crippen LogP contribution is -2.06. The highest BCUT2D eigenvalue weighted by Gasteiger charge is 2.15. The van der Waals surface area contributed by atoms with Crippen LogP contribution < -0.4 is 0 Å². The van der Waals surface area contributed by atoms with Crippen LogP contribution in [0.25, 0.3) is 5.69 Å². The number of aromatic nitrogens is 2. The summed E-state index contributed by atoms with van der Waals surface area (Å²) >= 11 is 3.43. The monoisotopic (exact) mass is 338 g/mol. The largest absolute Gasteiger partial charge is 0.481 e. The van der Waals surface area contributed by atoms with Crippen LogP contribution in [0.5, 0.6) is 0 Å². The molecule has 0 saturated carbocycles. The second kappa shape index (κ2) is 7.24. The van der Waals surface area contributed by atoms with Crippen molar-refractivity contribution in [2.75, 3.05) is 0 Å². The summed E-state index contributed by atoms with van der Waals surface area (Å²) in [5, 5.41) is 13.2. The van der Waals surface area contributed by atoms with Crippen molar-refractivity contribution in [3.63, 3.8) is 0 Å². The molecule has 0 aliphatic carbocycles. The SMILES string of the molecule is CC.Cc1cc(Br)cc(-n2cc(C(C)C(=O)O)cn2)c1. The van der Waals surface area contributed by atoms with Gasteiger partial charge in [0, 0.05) is 16.2 Å². The average molecular weight is 339 g/mol. The number of hydrogen-bond donors (Lipinski definition) is 1. The molecule has 20 heavy (non-hydrogen) atoms. The standard InChI is InChI=1S/C13H13BrN2O2.C2H6/c1-8-3-11(14)5-12(4-8)16-7-10(6-15-16)9(2)13(17)18;1-2/h3-7,9H,1-2H3,(H,17,18);1-2H3. The first-order valence-electron chi connectivity index (χ1n) is 6.52. The molecule has 0 radical (unpaired) electrons. The third-order valence-electron chi connectivity index (χ3n) is 2.76. The Hall–Kier alpha value is -1.62. The molecule has 0 aliphatic heterocycles. The molecule has 2 aromatic rings. The van der Waals surface area contributed by atoms with E-state index in [4.69, 9.17) is 5.11 Å². The lowest BCUT2D eigenvalue weighted by Gasteiger charge is -2.04. The van der Waals surface area contributed by atoms with Gasteiger partial charge in [-0.25, -0.2) is 4.68 Å². The van der Waals surface area contributed by atoms with Crippen LogP contribution >= 0.6 is 15.9 Å². The number of halogens is 1. The third-order valence-corrected chi connectivity index (χ3v) is 3.22. The van der Waals surface area contributed by atoms with Crippen LogP contribution in [0.1, 0.15) is 37.8 Å². The molecule has 108 valence electrons. The number of carbonyl (C=O) groups is 1. The van der Waals surface area contributed by atoms with E-state index < -0.39 is 11.9 Å². The minimum atomic E-state index is -0.847. The lowest BCUT2D eigenvalue weighted by atomic mass is 10.1. The molecular formula is C15H19BrN2O2.